The molecule has 0 atom stereocenters. The zero-order valence-electron chi connectivity index (χ0n) is 14.6. The van der Waals surface area contributed by atoms with Crippen LogP contribution in [0.1, 0.15) is 53.4 Å². The quantitative estimate of drug-likeness (QED) is 0.436. The molecule has 0 aliphatic rings. The molecule has 0 rings (SSSR count). The third-order valence-corrected chi connectivity index (χ3v) is 1.69. The summed E-state index contributed by atoms with van der Waals surface area (Å²) in [7, 11) is 0. The molecule has 0 bridgehead atoms. The maximum Gasteiger partial charge on any atom is 4.00 e. The molecule has 0 N–H and O–H groups in total. The van der Waals surface area contributed by atoms with Crippen molar-refractivity contribution in [3.8, 4) is 0 Å². The minimum atomic E-state index is -1.19. The average molecular weight is 364 g/mol. The Morgan fingerprint density at radius 2 is 0.957 bits per heavy atom. The third-order valence-electron chi connectivity index (χ3n) is 1.69. The van der Waals surface area contributed by atoms with Crippen LogP contribution in [0.3, 0.4) is 0 Å². The molecular weight excluding hydrogens is 336 g/mol. The molecule has 0 aromatic heterocycles. The second-order valence-electron chi connectivity index (χ2n) is 4.25. The van der Waals surface area contributed by atoms with E-state index in [0.29, 0.717) is 0 Å². The summed E-state index contributed by atoms with van der Waals surface area (Å²) in [6.45, 7) is 13.2. The number of carboxylic acids is 2. The molecule has 0 radical (unpaired) electrons. The summed E-state index contributed by atoms with van der Waals surface area (Å²) in [5, 5.41) is 38.0. The van der Waals surface area contributed by atoms with E-state index in [-0.39, 0.29) is 46.1 Å². The van der Waals surface area contributed by atoms with Crippen molar-refractivity contribution >= 4 is 11.9 Å². The molecule has 23 heavy (non-hydrogen) atoms. The largest absolute Gasteiger partial charge is 4.00 e. The van der Waals surface area contributed by atoms with E-state index in [4.69, 9.17) is 0 Å². The summed E-state index contributed by atoms with van der Waals surface area (Å²) in [5.74, 6) is -2.37. The molecule has 0 fully saturated rings. The van der Waals surface area contributed by atoms with E-state index in [1.54, 1.807) is 0 Å². The van der Waals surface area contributed by atoms with Crippen molar-refractivity contribution in [3.05, 3.63) is 24.3 Å². The van der Waals surface area contributed by atoms with Crippen molar-refractivity contribution in [2.75, 3.05) is 13.2 Å². The SMILES string of the molecule is C=C(C)C(=O)[O-].C=C(C)C(=O)[O-].CCCC[O-].CCCC[O-].[Ti+4]. The van der Waals surface area contributed by atoms with Gasteiger partial charge in [0.05, 0.1) is 11.9 Å². The molecule has 0 aliphatic heterocycles. The Hall–Kier alpha value is -0.946. The number of carbonyl (C=O) groups excluding carboxylic acids is 2. The van der Waals surface area contributed by atoms with Gasteiger partial charge in [-0.25, -0.2) is 0 Å². The van der Waals surface area contributed by atoms with Crippen LogP contribution in [0, 0.1) is 0 Å². The van der Waals surface area contributed by atoms with Crippen molar-refractivity contribution in [1.82, 2.24) is 0 Å². The fourth-order valence-corrected chi connectivity index (χ4v) is 0.289. The fourth-order valence-electron chi connectivity index (χ4n) is 0.289. The Balaban J connectivity index is -0.0000000620. The Morgan fingerprint density at radius 3 is 0.957 bits per heavy atom. The van der Waals surface area contributed by atoms with Crippen LogP contribution >= 0.6 is 0 Å². The van der Waals surface area contributed by atoms with E-state index in [1.165, 1.54) is 13.8 Å². The zero-order chi connectivity index (χ0) is 18.6. The van der Waals surface area contributed by atoms with Gasteiger partial charge in [-0.2, -0.15) is 0 Å². The van der Waals surface area contributed by atoms with Crippen molar-refractivity contribution in [1.29, 1.82) is 0 Å². The first-order valence-corrected chi connectivity index (χ1v) is 7.02. The maximum atomic E-state index is 9.53. The topological polar surface area (TPSA) is 126 Å². The van der Waals surface area contributed by atoms with Crippen LogP contribution in [-0.2, 0) is 31.3 Å². The zero-order valence-corrected chi connectivity index (χ0v) is 16.2. The monoisotopic (exact) mass is 364 g/mol. The number of carboxylic acid groups (broad SMARTS) is 2. The predicted octanol–water partition coefficient (Wildman–Crippen LogP) is -1.08. The Kier molecular flexibility index (Phi) is 42.5. The smallest absolute Gasteiger partial charge is 0.854 e. The first kappa shape index (κ1) is 33.6. The molecule has 0 unspecified atom stereocenters. The van der Waals surface area contributed by atoms with Gasteiger partial charge in [-0.05, 0) is 25.0 Å². The van der Waals surface area contributed by atoms with E-state index < -0.39 is 11.9 Å². The first-order chi connectivity index (χ1) is 10.1. The van der Waals surface area contributed by atoms with E-state index in [0.717, 1.165) is 25.7 Å². The van der Waals surface area contributed by atoms with Crippen LogP contribution < -0.4 is 20.4 Å². The predicted molar refractivity (Wildman–Crippen MR) is 79.2 cm³/mol. The fraction of sp³-hybridized carbons (Fsp3) is 0.625. The van der Waals surface area contributed by atoms with E-state index in [9.17, 15) is 30.0 Å². The molecule has 0 saturated carbocycles. The molecule has 0 aromatic rings. The molecule has 0 spiro atoms. The number of hydrogen-bond acceptors (Lipinski definition) is 6. The number of hydrogen-bond donors (Lipinski definition) is 0. The second-order valence-corrected chi connectivity index (χ2v) is 4.25. The Labute approximate surface area is 154 Å². The number of rotatable bonds is 6. The van der Waals surface area contributed by atoms with Gasteiger partial charge in [-0.15, -0.1) is 13.2 Å². The van der Waals surface area contributed by atoms with Gasteiger partial charge < -0.3 is 30.0 Å². The molecule has 0 amide bonds. The molecule has 0 heterocycles. The van der Waals surface area contributed by atoms with E-state index >= 15 is 0 Å². The minimum absolute atomic E-state index is 0. The van der Waals surface area contributed by atoms with Crippen molar-refractivity contribution < 1.29 is 51.7 Å². The summed E-state index contributed by atoms with van der Waals surface area (Å²) >= 11 is 0. The van der Waals surface area contributed by atoms with Crippen LogP contribution in [0.15, 0.2) is 24.3 Å². The van der Waals surface area contributed by atoms with Crippen LogP contribution in [0.2, 0.25) is 0 Å². The molecule has 7 heteroatoms. The first-order valence-electron chi connectivity index (χ1n) is 7.02. The van der Waals surface area contributed by atoms with E-state index in [1.807, 2.05) is 13.8 Å². The van der Waals surface area contributed by atoms with Crippen LogP contribution in [0.25, 0.3) is 0 Å². The molecule has 6 nitrogen and oxygen atoms in total. The van der Waals surface area contributed by atoms with Crippen LogP contribution in [-0.4, -0.2) is 25.2 Å². The standard InChI is InChI=1S/2C4H6O2.2C4H9O.Ti/c2*1-3(2)4(5)6;2*1-2-3-4-5;/h2*1H2,2H3,(H,5,6);2*2-4H2,1H3;/q;;2*-1;+4/p-2. The molecule has 0 saturated heterocycles. The average Bonchev–Trinajstić information content (AvgIpc) is 2.42. The van der Waals surface area contributed by atoms with Gasteiger partial charge in [0.25, 0.3) is 0 Å². The molecule has 132 valence electrons. The van der Waals surface area contributed by atoms with Crippen molar-refractivity contribution in [2.45, 2.75) is 53.4 Å². The normalized spacial score (nSPS) is 7.57. The third kappa shape index (κ3) is 62.6. The van der Waals surface area contributed by atoms with Crippen LogP contribution in [0.5, 0.6) is 0 Å². The number of unbranched alkanes of at least 4 members (excludes halogenated alkanes) is 2. The summed E-state index contributed by atoms with van der Waals surface area (Å²) in [4.78, 5) is 19.0. The molecule has 0 aromatic carbocycles. The van der Waals surface area contributed by atoms with Gasteiger partial charge in [0.1, 0.15) is 0 Å². The van der Waals surface area contributed by atoms with E-state index in [2.05, 4.69) is 13.2 Å². The van der Waals surface area contributed by atoms with Crippen molar-refractivity contribution in [2.24, 2.45) is 0 Å². The van der Waals surface area contributed by atoms with Gasteiger partial charge in [-0.1, -0.05) is 52.7 Å². The number of carbonyl (C=O) groups is 2. The molecular formula is C16H28O6Ti. The van der Waals surface area contributed by atoms with Gasteiger partial charge >= 0.3 is 21.7 Å². The summed E-state index contributed by atoms with van der Waals surface area (Å²) in [6, 6.07) is 0. The van der Waals surface area contributed by atoms with Gasteiger partial charge in [0.2, 0.25) is 0 Å². The summed E-state index contributed by atoms with van der Waals surface area (Å²) in [5.41, 5.74) is 0.130. The van der Waals surface area contributed by atoms with Gasteiger partial charge in [-0.3, -0.25) is 0 Å². The summed E-state index contributed by atoms with van der Waals surface area (Å²) < 4.78 is 0. The minimum Gasteiger partial charge on any atom is -0.854 e. The maximum absolute atomic E-state index is 9.53. The van der Waals surface area contributed by atoms with Crippen LogP contribution in [0.4, 0.5) is 0 Å². The Bertz CT molecular complexity index is 245. The Morgan fingerprint density at radius 1 is 0.783 bits per heavy atom. The number of aliphatic carboxylic acids is 2. The van der Waals surface area contributed by atoms with Gasteiger partial charge in [0.15, 0.2) is 0 Å². The summed E-state index contributed by atoms with van der Waals surface area (Å²) in [6.07, 6.45) is 3.73. The van der Waals surface area contributed by atoms with Crippen molar-refractivity contribution in [3.63, 3.8) is 0 Å². The molecule has 0 aliphatic carbocycles. The second kappa shape index (κ2) is 29.1. The van der Waals surface area contributed by atoms with Gasteiger partial charge in [0, 0.05) is 0 Å².